The molecule has 1 fully saturated rings. The predicted octanol–water partition coefficient (Wildman–Crippen LogP) is -0.391. The van der Waals surface area contributed by atoms with Crippen molar-refractivity contribution in [2.24, 2.45) is 0 Å². The van der Waals surface area contributed by atoms with Crippen LogP contribution in [0.1, 0.15) is 6.23 Å². The molecule has 3 N–H and O–H groups in total. The van der Waals surface area contributed by atoms with Gasteiger partial charge in [-0.1, -0.05) is 6.58 Å². The summed E-state index contributed by atoms with van der Waals surface area (Å²) in [5.41, 5.74) is 4.77. The second kappa shape index (κ2) is 4.27. The standard InChI is InChI=1S/C10H12FN3O3/c1-5-8(11)6(4-15)17-9(5)14-3-2-7(12)13-10(14)16/h2-3,6,8-9,15H,1,4H2,(H2,12,13,16)/t6-,8+,9-/m1/s1. The number of anilines is 1. The Bertz CT molecular complexity index is 502. The molecular weight excluding hydrogens is 229 g/mol. The van der Waals surface area contributed by atoms with Crippen molar-refractivity contribution >= 4 is 5.82 Å². The van der Waals surface area contributed by atoms with Gasteiger partial charge >= 0.3 is 5.69 Å². The number of aliphatic hydroxyl groups excluding tert-OH is 1. The van der Waals surface area contributed by atoms with E-state index in [2.05, 4.69) is 11.6 Å². The van der Waals surface area contributed by atoms with Gasteiger partial charge in [-0.25, -0.2) is 9.18 Å². The van der Waals surface area contributed by atoms with E-state index < -0.39 is 30.8 Å². The normalized spacial score (nSPS) is 28.6. The van der Waals surface area contributed by atoms with Gasteiger partial charge in [-0.3, -0.25) is 4.57 Å². The van der Waals surface area contributed by atoms with Crippen LogP contribution in [0.25, 0.3) is 0 Å². The Morgan fingerprint density at radius 2 is 2.41 bits per heavy atom. The van der Waals surface area contributed by atoms with Gasteiger partial charge in [0.2, 0.25) is 0 Å². The molecule has 17 heavy (non-hydrogen) atoms. The Kier molecular flexibility index (Phi) is 2.95. The molecule has 1 aliphatic rings. The van der Waals surface area contributed by atoms with Crippen molar-refractivity contribution in [3.8, 4) is 0 Å². The van der Waals surface area contributed by atoms with E-state index in [1.807, 2.05) is 0 Å². The second-order valence-corrected chi connectivity index (χ2v) is 3.73. The number of aliphatic hydroxyl groups is 1. The van der Waals surface area contributed by atoms with Crippen LogP contribution in [0, 0.1) is 0 Å². The van der Waals surface area contributed by atoms with E-state index in [0.717, 1.165) is 4.57 Å². The minimum Gasteiger partial charge on any atom is -0.394 e. The Morgan fingerprint density at radius 1 is 1.71 bits per heavy atom. The van der Waals surface area contributed by atoms with E-state index in [9.17, 15) is 9.18 Å². The lowest BCUT2D eigenvalue weighted by Crippen LogP contribution is -2.28. The summed E-state index contributed by atoms with van der Waals surface area (Å²) in [6.07, 6.45) is -2.11. The summed E-state index contributed by atoms with van der Waals surface area (Å²) >= 11 is 0. The molecule has 6 nitrogen and oxygen atoms in total. The first-order valence-electron chi connectivity index (χ1n) is 4.98. The van der Waals surface area contributed by atoms with E-state index in [0.29, 0.717) is 0 Å². The fourth-order valence-corrected chi connectivity index (χ4v) is 1.68. The molecule has 1 saturated heterocycles. The van der Waals surface area contributed by atoms with Crippen molar-refractivity contribution in [3.05, 3.63) is 34.9 Å². The minimum absolute atomic E-state index is 0.0744. The summed E-state index contributed by atoms with van der Waals surface area (Å²) in [7, 11) is 0. The lowest BCUT2D eigenvalue weighted by molar-refractivity contribution is -0.0321. The molecule has 0 amide bonds. The third-order valence-electron chi connectivity index (χ3n) is 2.59. The summed E-state index contributed by atoms with van der Waals surface area (Å²) in [6.45, 7) is 3.05. The number of ether oxygens (including phenoxy) is 1. The molecular formula is C10H12FN3O3. The highest BCUT2D eigenvalue weighted by Gasteiger charge is 2.40. The predicted molar refractivity (Wildman–Crippen MR) is 57.9 cm³/mol. The summed E-state index contributed by atoms with van der Waals surface area (Å²) in [4.78, 5) is 15.0. The van der Waals surface area contributed by atoms with Gasteiger partial charge in [0.25, 0.3) is 0 Å². The zero-order valence-corrected chi connectivity index (χ0v) is 8.91. The molecule has 2 heterocycles. The zero-order chi connectivity index (χ0) is 12.6. The van der Waals surface area contributed by atoms with Crippen molar-refractivity contribution in [1.29, 1.82) is 0 Å². The van der Waals surface area contributed by atoms with E-state index in [-0.39, 0.29) is 11.4 Å². The van der Waals surface area contributed by atoms with E-state index >= 15 is 0 Å². The smallest absolute Gasteiger partial charge is 0.351 e. The number of nitrogen functional groups attached to an aromatic ring is 1. The Morgan fingerprint density at radius 3 is 2.94 bits per heavy atom. The molecule has 0 saturated carbocycles. The second-order valence-electron chi connectivity index (χ2n) is 3.73. The SMILES string of the molecule is C=C1[C@H](n2ccc(N)nc2=O)O[C@H](CO)[C@H]1F. The van der Waals surface area contributed by atoms with Crippen LogP contribution in [0.2, 0.25) is 0 Å². The van der Waals surface area contributed by atoms with Crippen LogP contribution in [0.5, 0.6) is 0 Å². The topological polar surface area (TPSA) is 90.4 Å². The van der Waals surface area contributed by atoms with E-state index in [1.165, 1.54) is 12.3 Å². The quantitative estimate of drug-likeness (QED) is 0.688. The Balaban J connectivity index is 2.35. The van der Waals surface area contributed by atoms with Gasteiger partial charge in [-0.05, 0) is 6.07 Å². The number of rotatable bonds is 2. The molecule has 0 aliphatic carbocycles. The molecule has 0 radical (unpaired) electrons. The molecule has 0 spiro atoms. The van der Waals surface area contributed by atoms with E-state index in [1.54, 1.807) is 0 Å². The number of nitrogens with zero attached hydrogens (tertiary/aromatic N) is 2. The van der Waals surface area contributed by atoms with Crippen LogP contribution in [0.4, 0.5) is 10.2 Å². The molecule has 7 heteroatoms. The van der Waals surface area contributed by atoms with Crippen molar-refractivity contribution in [3.63, 3.8) is 0 Å². The maximum Gasteiger partial charge on any atom is 0.351 e. The first kappa shape index (κ1) is 11.7. The third kappa shape index (κ3) is 1.94. The lowest BCUT2D eigenvalue weighted by Gasteiger charge is -2.14. The van der Waals surface area contributed by atoms with Gasteiger partial charge in [-0.2, -0.15) is 4.98 Å². The highest BCUT2D eigenvalue weighted by atomic mass is 19.1. The summed E-state index contributed by atoms with van der Waals surface area (Å²) in [5.74, 6) is 0.0744. The largest absolute Gasteiger partial charge is 0.394 e. The highest BCUT2D eigenvalue weighted by molar-refractivity contribution is 5.24. The molecule has 1 aliphatic heterocycles. The molecule has 3 atom stereocenters. The fourth-order valence-electron chi connectivity index (χ4n) is 1.68. The highest BCUT2D eigenvalue weighted by Crippen LogP contribution is 2.33. The number of nitrogens with two attached hydrogens (primary N) is 1. The van der Waals surface area contributed by atoms with Gasteiger partial charge in [0.15, 0.2) is 12.4 Å². The van der Waals surface area contributed by atoms with Crippen molar-refractivity contribution in [1.82, 2.24) is 9.55 Å². The van der Waals surface area contributed by atoms with Crippen LogP contribution < -0.4 is 11.4 Å². The lowest BCUT2D eigenvalue weighted by atomic mass is 10.1. The molecule has 2 rings (SSSR count). The zero-order valence-electron chi connectivity index (χ0n) is 8.91. The van der Waals surface area contributed by atoms with Crippen molar-refractivity contribution < 1.29 is 14.2 Å². The first-order valence-corrected chi connectivity index (χ1v) is 4.98. The number of hydrogen-bond donors (Lipinski definition) is 2. The number of aromatic nitrogens is 2. The summed E-state index contributed by atoms with van der Waals surface area (Å²) < 4.78 is 19.9. The van der Waals surface area contributed by atoms with Gasteiger partial charge < -0.3 is 15.6 Å². The maximum absolute atomic E-state index is 13.6. The Labute approximate surface area is 96.1 Å². The van der Waals surface area contributed by atoms with Crippen LogP contribution in [-0.2, 0) is 4.74 Å². The summed E-state index contributed by atoms with van der Waals surface area (Å²) in [5, 5.41) is 8.90. The minimum atomic E-state index is -1.51. The van der Waals surface area contributed by atoms with Gasteiger partial charge in [0.05, 0.1) is 6.61 Å². The maximum atomic E-state index is 13.6. The number of hydrogen-bond acceptors (Lipinski definition) is 5. The molecule has 0 unspecified atom stereocenters. The molecule has 1 aromatic heterocycles. The third-order valence-corrected chi connectivity index (χ3v) is 2.59. The summed E-state index contributed by atoms with van der Waals surface area (Å²) in [6, 6.07) is 1.40. The van der Waals surface area contributed by atoms with Crippen LogP contribution in [0.3, 0.4) is 0 Å². The average Bonchev–Trinajstić information content (AvgIpc) is 2.57. The molecule has 1 aromatic rings. The van der Waals surface area contributed by atoms with Gasteiger partial charge in [-0.15, -0.1) is 0 Å². The first-order chi connectivity index (χ1) is 8.04. The van der Waals surface area contributed by atoms with Crippen LogP contribution in [0.15, 0.2) is 29.2 Å². The monoisotopic (exact) mass is 241 g/mol. The van der Waals surface area contributed by atoms with Gasteiger partial charge in [0.1, 0.15) is 11.9 Å². The average molecular weight is 241 g/mol. The number of alkyl halides is 1. The molecule has 0 aromatic carbocycles. The van der Waals surface area contributed by atoms with Crippen molar-refractivity contribution in [2.45, 2.75) is 18.5 Å². The molecule has 0 bridgehead atoms. The van der Waals surface area contributed by atoms with Crippen LogP contribution >= 0.6 is 0 Å². The van der Waals surface area contributed by atoms with Crippen LogP contribution in [-0.4, -0.2) is 33.5 Å². The fraction of sp³-hybridized carbons (Fsp3) is 0.400. The molecule has 92 valence electrons. The van der Waals surface area contributed by atoms with E-state index in [4.69, 9.17) is 15.6 Å². The van der Waals surface area contributed by atoms with Gasteiger partial charge in [0, 0.05) is 11.8 Å². The number of halogens is 1. The van der Waals surface area contributed by atoms with Crippen molar-refractivity contribution in [2.75, 3.05) is 12.3 Å². The Hall–Kier alpha value is -1.73.